The first-order valence-electron chi connectivity index (χ1n) is 7.63. The Bertz CT molecular complexity index is 499. The number of ether oxygens (including phenoxy) is 2. The van der Waals surface area contributed by atoms with Gasteiger partial charge in [0.05, 0.1) is 14.2 Å². The van der Waals surface area contributed by atoms with E-state index < -0.39 is 0 Å². The van der Waals surface area contributed by atoms with E-state index in [1.165, 1.54) is 14.2 Å². The summed E-state index contributed by atoms with van der Waals surface area (Å²) in [5, 5.41) is 0. The molecule has 0 aromatic carbocycles. The molecule has 1 aliphatic rings. The van der Waals surface area contributed by atoms with E-state index in [9.17, 15) is 14.4 Å². The van der Waals surface area contributed by atoms with E-state index in [0.29, 0.717) is 24.0 Å². The number of rotatable bonds is 10. The van der Waals surface area contributed by atoms with Crippen LogP contribution in [0.5, 0.6) is 0 Å². The van der Waals surface area contributed by atoms with E-state index in [1.54, 1.807) is 6.92 Å². The average Bonchev–Trinajstić information content (AvgIpc) is 2.51. The minimum atomic E-state index is -0.278. The molecule has 1 rings (SSSR count). The van der Waals surface area contributed by atoms with Gasteiger partial charge in [-0.2, -0.15) is 0 Å². The van der Waals surface area contributed by atoms with Crippen molar-refractivity contribution in [3.8, 4) is 0 Å². The first kappa shape index (κ1) is 18.1. The molecule has 0 amide bonds. The molecule has 5 nitrogen and oxygen atoms in total. The van der Waals surface area contributed by atoms with Crippen LogP contribution in [0.25, 0.3) is 0 Å². The van der Waals surface area contributed by atoms with Crippen LogP contribution < -0.4 is 0 Å². The quantitative estimate of drug-likeness (QED) is 0.352. The maximum absolute atomic E-state index is 12.4. The molecule has 22 heavy (non-hydrogen) atoms. The summed E-state index contributed by atoms with van der Waals surface area (Å²) in [7, 11) is 2.80. The van der Waals surface area contributed by atoms with Crippen LogP contribution in [0.1, 0.15) is 51.9 Å². The number of methoxy groups -OCH3 is 2. The van der Waals surface area contributed by atoms with Crippen LogP contribution in [0, 0.1) is 0 Å². The summed E-state index contributed by atoms with van der Waals surface area (Å²) in [6.07, 6.45) is 6.71. The molecule has 0 spiro atoms. The van der Waals surface area contributed by atoms with Gasteiger partial charge in [-0.15, -0.1) is 0 Å². The van der Waals surface area contributed by atoms with Gasteiger partial charge in [-0.25, -0.2) is 0 Å². The largest absolute Gasteiger partial charge is 0.492 e. The molecule has 1 aliphatic carbocycles. The van der Waals surface area contributed by atoms with E-state index in [2.05, 4.69) is 0 Å². The molecule has 0 aromatic heterocycles. The number of hydrogen-bond donors (Lipinski definition) is 0. The summed E-state index contributed by atoms with van der Waals surface area (Å²) >= 11 is 0. The van der Waals surface area contributed by atoms with Gasteiger partial charge in [0.25, 0.3) is 0 Å². The van der Waals surface area contributed by atoms with E-state index in [1.807, 2.05) is 0 Å². The van der Waals surface area contributed by atoms with Crippen molar-refractivity contribution in [2.24, 2.45) is 0 Å². The highest BCUT2D eigenvalue weighted by molar-refractivity contribution is 6.23. The highest BCUT2D eigenvalue weighted by atomic mass is 16.5. The lowest BCUT2D eigenvalue weighted by Crippen LogP contribution is -2.25. The SMILES string of the molecule is COC1=C(C)C(=O)C(OC)=C(CCCCCCCC=O)C1=O. The summed E-state index contributed by atoms with van der Waals surface area (Å²) in [6, 6.07) is 0. The zero-order valence-electron chi connectivity index (χ0n) is 13.6. The maximum Gasteiger partial charge on any atom is 0.227 e. The van der Waals surface area contributed by atoms with Crippen LogP contribution in [-0.2, 0) is 23.9 Å². The summed E-state index contributed by atoms with van der Waals surface area (Å²) in [6.45, 7) is 1.57. The van der Waals surface area contributed by atoms with Gasteiger partial charge in [0.2, 0.25) is 11.6 Å². The third-order valence-electron chi connectivity index (χ3n) is 3.80. The monoisotopic (exact) mass is 308 g/mol. The predicted octanol–water partition coefficient (Wildman–Crippen LogP) is 2.89. The minimum Gasteiger partial charge on any atom is -0.492 e. The number of hydrogen-bond acceptors (Lipinski definition) is 5. The molecular weight excluding hydrogens is 284 g/mol. The van der Waals surface area contributed by atoms with E-state index in [4.69, 9.17) is 9.47 Å². The van der Waals surface area contributed by atoms with E-state index in [-0.39, 0.29) is 23.1 Å². The molecular formula is C17H24O5. The standard InChI is InChI=1S/C17H24O5/c1-12-14(19)17(22-3)13(15(20)16(12)21-2)10-8-6-4-5-7-9-11-18/h11H,4-10H2,1-3H3. The third kappa shape index (κ3) is 4.29. The number of Topliss-reactive ketones (excluding diaryl/α,β-unsaturated/α-hetero) is 2. The van der Waals surface area contributed by atoms with Crippen molar-refractivity contribution in [2.75, 3.05) is 14.2 Å². The molecule has 0 unspecified atom stereocenters. The second-order valence-corrected chi connectivity index (χ2v) is 5.30. The van der Waals surface area contributed by atoms with Crippen molar-refractivity contribution in [1.82, 2.24) is 0 Å². The molecule has 0 bridgehead atoms. The molecule has 0 aliphatic heterocycles. The molecule has 5 heteroatoms. The second-order valence-electron chi connectivity index (χ2n) is 5.30. The van der Waals surface area contributed by atoms with Gasteiger partial charge in [0, 0.05) is 17.6 Å². The average molecular weight is 308 g/mol. The number of carbonyl (C=O) groups is 3. The lowest BCUT2D eigenvalue weighted by Gasteiger charge is -2.20. The first-order chi connectivity index (χ1) is 10.6. The van der Waals surface area contributed by atoms with Crippen molar-refractivity contribution >= 4 is 17.9 Å². The number of allylic oxidation sites excluding steroid dienone is 2. The molecule has 0 atom stereocenters. The fraction of sp³-hybridized carbons (Fsp3) is 0.588. The molecule has 122 valence electrons. The first-order valence-corrected chi connectivity index (χ1v) is 7.63. The molecule has 0 radical (unpaired) electrons. The maximum atomic E-state index is 12.4. The van der Waals surface area contributed by atoms with Crippen molar-refractivity contribution in [2.45, 2.75) is 51.9 Å². The minimum absolute atomic E-state index is 0.117. The highest BCUT2D eigenvalue weighted by Gasteiger charge is 2.33. The number of ketones is 2. The van der Waals surface area contributed by atoms with Crippen molar-refractivity contribution in [3.63, 3.8) is 0 Å². The van der Waals surface area contributed by atoms with E-state index in [0.717, 1.165) is 38.4 Å². The van der Waals surface area contributed by atoms with Gasteiger partial charge in [-0.3, -0.25) is 9.59 Å². The molecule has 0 saturated heterocycles. The number of aldehydes is 1. The Morgan fingerprint density at radius 1 is 0.864 bits per heavy atom. The third-order valence-corrected chi connectivity index (χ3v) is 3.80. The molecule has 0 N–H and O–H groups in total. The Morgan fingerprint density at radius 2 is 1.45 bits per heavy atom. The lowest BCUT2D eigenvalue weighted by atomic mass is 9.90. The Hall–Kier alpha value is -1.91. The normalized spacial score (nSPS) is 15.4. The highest BCUT2D eigenvalue weighted by Crippen LogP contribution is 2.28. The van der Waals surface area contributed by atoms with Crippen molar-refractivity contribution in [1.29, 1.82) is 0 Å². The number of unbranched alkanes of at least 4 members (excludes halogenated alkanes) is 5. The summed E-state index contributed by atoms with van der Waals surface area (Å²) in [5.41, 5.74) is 0.699. The molecule has 0 fully saturated rings. The van der Waals surface area contributed by atoms with Crippen molar-refractivity contribution in [3.05, 3.63) is 22.7 Å². The Balaban J connectivity index is 2.63. The van der Waals surface area contributed by atoms with Crippen LogP contribution in [0.15, 0.2) is 22.7 Å². The topological polar surface area (TPSA) is 69.7 Å². The van der Waals surface area contributed by atoms with Gasteiger partial charge >= 0.3 is 0 Å². The summed E-state index contributed by atoms with van der Waals surface area (Å²) in [4.78, 5) is 34.8. The Labute approximate surface area is 131 Å². The van der Waals surface area contributed by atoms with Gasteiger partial charge in [0.15, 0.2) is 11.5 Å². The van der Waals surface area contributed by atoms with Gasteiger partial charge in [-0.1, -0.05) is 19.3 Å². The second kappa shape index (κ2) is 9.18. The van der Waals surface area contributed by atoms with Crippen LogP contribution >= 0.6 is 0 Å². The van der Waals surface area contributed by atoms with Crippen LogP contribution in [0.3, 0.4) is 0 Å². The van der Waals surface area contributed by atoms with Gasteiger partial charge < -0.3 is 14.3 Å². The fourth-order valence-electron chi connectivity index (χ4n) is 2.57. The van der Waals surface area contributed by atoms with Gasteiger partial charge in [0.1, 0.15) is 6.29 Å². The smallest absolute Gasteiger partial charge is 0.227 e. The van der Waals surface area contributed by atoms with Crippen molar-refractivity contribution < 1.29 is 23.9 Å². The molecule has 0 saturated carbocycles. The Kier molecular flexibility index (Phi) is 7.57. The summed E-state index contributed by atoms with van der Waals surface area (Å²) < 4.78 is 10.2. The number of carbonyl (C=O) groups excluding carboxylic acids is 3. The molecule has 0 heterocycles. The summed E-state index contributed by atoms with van der Waals surface area (Å²) in [5.74, 6) is -0.270. The van der Waals surface area contributed by atoms with Crippen LogP contribution in [-0.4, -0.2) is 32.1 Å². The fourth-order valence-corrected chi connectivity index (χ4v) is 2.57. The van der Waals surface area contributed by atoms with E-state index >= 15 is 0 Å². The zero-order chi connectivity index (χ0) is 16.5. The van der Waals surface area contributed by atoms with Crippen LogP contribution in [0.4, 0.5) is 0 Å². The predicted molar refractivity (Wildman–Crippen MR) is 82.1 cm³/mol. The molecule has 0 aromatic rings. The van der Waals surface area contributed by atoms with Gasteiger partial charge in [-0.05, 0) is 26.2 Å². The Morgan fingerprint density at radius 3 is 2.05 bits per heavy atom. The zero-order valence-corrected chi connectivity index (χ0v) is 13.6. The lowest BCUT2D eigenvalue weighted by molar-refractivity contribution is -0.120. The van der Waals surface area contributed by atoms with Crippen LogP contribution in [0.2, 0.25) is 0 Å².